The van der Waals surface area contributed by atoms with Crippen molar-refractivity contribution < 1.29 is 4.92 Å². The molecule has 0 radical (unpaired) electrons. The molecule has 1 N–H and O–H groups in total. The van der Waals surface area contributed by atoms with E-state index in [4.69, 9.17) is 4.99 Å². The van der Waals surface area contributed by atoms with E-state index in [2.05, 4.69) is 21.9 Å². The zero-order valence-electron chi connectivity index (χ0n) is 15.1. The Morgan fingerprint density at radius 2 is 2.00 bits per heavy atom. The quantitative estimate of drug-likeness (QED) is 0.437. The zero-order valence-corrected chi connectivity index (χ0v) is 15.1. The number of nitrogens with one attached hydrogen (secondary N) is 1. The van der Waals surface area contributed by atoms with Gasteiger partial charge < -0.3 is 9.88 Å². The van der Waals surface area contributed by atoms with E-state index >= 15 is 0 Å². The van der Waals surface area contributed by atoms with Gasteiger partial charge in [0.2, 0.25) is 0 Å². The minimum atomic E-state index is -0.380. The molecular formula is C20H21N5O2. The number of H-pyrrole nitrogens is 1. The number of rotatable bonds is 4. The van der Waals surface area contributed by atoms with Gasteiger partial charge in [0.25, 0.3) is 5.69 Å². The Labute approximate surface area is 156 Å². The molecule has 1 fully saturated rings. The highest BCUT2D eigenvalue weighted by Crippen LogP contribution is 2.21. The van der Waals surface area contributed by atoms with Crippen molar-refractivity contribution in [2.24, 2.45) is 4.99 Å². The Balaban J connectivity index is 1.79. The number of aromatic amines is 1. The summed E-state index contributed by atoms with van der Waals surface area (Å²) in [6.07, 6.45) is 1.93. The average molecular weight is 363 g/mol. The first-order chi connectivity index (χ1) is 13.1. The SMILES string of the molecule is CN1CCC(N=C(c2cccc([N+](=O)[O-])c2)c2nc3ccccc3[nH]2)CC1. The summed E-state index contributed by atoms with van der Waals surface area (Å²) in [4.78, 5) is 26.1. The van der Waals surface area contributed by atoms with Crippen LogP contribution in [0.5, 0.6) is 0 Å². The van der Waals surface area contributed by atoms with E-state index in [1.165, 1.54) is 6.07 Å². The van der Waals surface area contributed by atoms with Crippen molar-refractivity contribution in [1.82, 2.24) is 14.9 Å². The van der Waals surface area contributed by atoms with Gasteiger partial charge in [0.05, 0.1) is 22.0 Å². The lowest BCUT2D eigenvalue weighted by atomic mass is 10.0. The van der Waals surface area contributed by atoms with E-state index in [-0.39, 0.29) is 16.7 Å². The molecule has 0 aliphatic carbocycles. The van der Waals surface area contributed by atoms with E-state index in [1.807, 2.05) is 30.3 Å². The Morgan fingerprint density at radius 3 is 2.74 bits per heavy atom. The summed E-state index contributed by atoms with van der Waals surface area (Å²) < 4.78 is 0. The van der Waals surface area contributed by atoms with Crippen LogP contribution in [-0.2, 0) is 0 Å². The summed E-state index contributed by atoms with van der Waals surface area (Å²) in [5, 5.41) is 11.2. The minimum Gasteiger partial charge on any atom is -0.337 e. The summed E-state index contributed by atoms with van der Waals surface area (Å²) in [5.74, 6) is 0.649. The second kappa shape index (κ2) is 7.28. The van der Waals surface area contributed by atoms with Crippen molar-refractivity contribution in [2.75, 3.05) is 20.1 Å². The Bertz CT molecular complexity index is 969. The molecule has 0 bridgehead atoms. The van der Waals surface area contributed by atoms with Crippen LogP contribution in [0.1, 0.15) is 24.2 Å². The van der Waals surface area contributed by atoms with Gasteiger partial charge in [-0.3, -0.25) is 15.1 Å². The van der Waals surface area contributed by atoms with Crippen molar-refractivity contribution in [1.29, 1.82) is 0 Å². The van der Waals surface area contributed by atoms with Crippen LogP contribution in [0.15, 0.2) is 53.5 Å². The maximum Gasteiger partial charge on any atom is 0.270 e. The molecule has 0 unspecified atom stereocenters. The van der Waals surface area contributed by atoms with E-state index in [0.29, 0.717) is 17.1 Å². The minimum absolute atomic E-state index is 0.0553. The standard InChI is InChI=1S/C20H21N5O2/c1-24-11-9-15(10-12-24)21-19(14-5-4-6-16(13-14)25(26)27)20-22-17-7-2-3-8-18(17)23-20/h2-8,13,15H,9-12H2,1H3,(H,22,23). The summed E-state index contributed by atoms with van der Waals surface area (Å²) in [5.41, 5.74) is 3.23. The van der Waals surface area contributed by atoms with Crippen LogP contribution >= 0.6 is 0 Å². The van der Waals surface area contributed by atoms with Crippen molar-refractivity contribution in [3.8, 4) is 0 Å². The number of para-hydroxylation sites is 2. The number of hydrogen-bond acceptors (Lipinski definition) is 5. The number of piperidine rings is 1. The maximum atomic E-state index is 11.2. The second-order valence-electron chi connectivity index (χ2n) is 6.92. The van der Waals surface area contributed by atoms with Gasteiger partial charge in [-0.1, -0.05) is 24.3 Å². The third-order valence-electron chi connectivity index (χ3n) is 4.94. The third-order valence-corrected chi connectivity index (χ3v) is 4.94. The number of aromatic nitrogens is 2. The number of nitrogens with zero attached hydrogens (tertiary/aromatic N) is 4. The fraction of sp³-hybridized carbons (Fsp3) is 0.300. The number of hydrogen-bond donors (Lipinski definition) is 1. The van der Waals surface area contributed by atoms with Gasteiger partial charge in [-0.15, -0.1) is 0 Å². The van der Waals surface area contributed by atoms with E-state index in [1.54, 1.807) is 12.1 Å². The van der Waals surface area contributed by atoms with Crippen LogP contribution in [0, 0.1) is 10.1 Å². The molecule has 0 atom stereocenters. The summed E-state index contributed by atoms with van der Waals surface area (Å²) in [6, 6.07) is 14.6. The first-order valence-electron chi connectivity index (χ1n) is 9.06. The highest BCUT2D eigenvalue weighted by Gasteiger charge is 2.20. The molecular weight excluding hydrogens is 342 g/mol. The molecule has 7 nitrogen and oxygen atoms in total. The molecule has 1 saturated heterocycles. The predicted octanol–water partition coefficient (Wildman–Crippen LogP) is 3.40. The number of benzene rings is 2. The number of nitro benzene ring substituents is 1. The molecule has 0 spiro atoms. The molecule has 0 amide bonds. The van der Waals surface area contributed by atoms with Crippen molar-refractivity contribution in [3.05, 3.63) is 70.0 Å². The molecule has 1 aliphatic rings. The molecule has 1 aromatic heterocycles. The van der Waals surface area contributed by atoms with Crippen LogP contribution in [0.4, 0.5) is 5.69 Å². The van der Waals surface area contributed by atoms with Crippen molar-refractivity contribution in [3.63, 3.8) is 0 Å². The van der Waals surface area contributed by atoms with E-state index < -0.39 is 0 Å². The monoisotopic (exact) mass is 363 g/mol. The van der Waals surface area contributed by atoms with E-state index in [0.717, 1.165) is 37.0 Å². The Morgan fingerprint density at radius 1 is 1.22 bits per heavy atom. The normalized spacial score (nSPS) is 16.7. The first-order valence-corrected chi connectivity index (χ1v) is 9.06. The predicted molar refractivity (Wildman–Crippen MR) is 105 cm³/mol. The second-order valence-corrected chi connectivity index (χ2v) is 6.92. The lowest BCUT2D eigenvalue weighted by molar-refractivity contribution is -0.384. The molecule has 7 heteroatoms. The lowest BCUT2D eigenvalue weighted by Crippen LogP contribution is -2.32. The van der Waals surface area contributed by atoms with Crippen LogP contribution in [0.3, 0.4) is 0 Å². The largest absolute Gasteiger partial charge is 0.337 e. The van der Waals surface area contributed by atoms with Gasteiger partial charge in [0, 0.05) is 17.7 Å². The zero-order chi connectivity index (χ0) is 18.8. The molecule has 3 aromatic rings. The Kier molecular flexibility index (Phi) is 4.68. The fourth-order valence-corrected chi connectivity index (χ4v) is 3.41. The first kappa shape index (κ1) is 17.4. The van der Waals surface area contributed by atoms with Gasteiger partial charge in [-0.05, 0) is 45.1 Å². The number of fused-ring (bicyclic) bond motifs is 1. The van der Waals surface area contributed by atoms with Crippen LogP contribution in [0.25, 0.3) is 11.0 Å². The fourth-order valence-electron chi connectivity index (χ4n) is 3.41. The molecule has 2 heterocycles. The van der Waals surface area contributed by atoms with Gasteiger partial charge in [0.1, 0.15) is 5.71 Å². The number of likely N-dealkylation sites (tertiary alicyclic amines) is 1. The molecule has 1 aliphatic heterocycles. The van der Waals surface area contributed by atoms with Crippen molar-refractivity contribution in [2.45, 2.75) is 18.9 Å². The molecule has 27 heavy (non-hydrogen) atoms. The smallest absolute Gasteiger partial charge is 0.270 e. The van der Waals surface area contributed by atoms with Crippen LogP contribution in [-0.4, -0.2) is 51.7 Å². The third kappa shape index (κ3) is 3.73. The summed E-state index contributed by atoms with van der Waals surface area (Å²) in [7, 11) is 2.11. The van der Waals surface area contributed by atoms with Gasteiger partial charge in [-0.25, -0.2) is 4.98 Å². The van der Waals surface area contributed by atoms with Crippen LogP contribution < -0.4 is 0 Å². The molecule has 4 rings (SSSR count). The lowest BCUT2D eigenvalue weighted by Gasteiger charge is -2.27. The summed E-state index contributed by atoms with van der Waals surface area (Å²) >= 11 is 0. The molecule has 2 aromatic carbocycles. The average Bonchev–Trinajstić information content (AvgIpc) is 3.11. The number of non-ortho nitro benzene ring substituents is 1. The van der Waals surface area contributed by atoms with Gasteiger partial charge in [0.15, 0.2) is 5.82 Å². The molecule has 0 saturated carbocycles. The number of nitro groups is 1. The van der Waals surface area contributed by atoms with Gasteiger partial charge >= 0.3 is 0 Å². The van der Waals surface area contributed by atoms with E-state index in [9.17, 15) is 10.1 Å². The topological polar surface area (TPSA) is 87.4 Å². The van der Waals surface area contributed by atoms with Crippen LogP contribution in [0.2, 0.25) is 0 Å². The Hall–Kier alpha value is -3.06. The molecule has 138 valence electrons. The highest BCUT2D eigenvalue weighted by molar-refractivity contribution is 6.12. The van der Waals surface area contributed by atoms with Crippen molar-refractivity contribution >= 4 is 22.4 Å². The number of imidazole rings is 1. The summed E-state index contributed by atoms with van der Waals surface area (Å²) in [6.45, 7) is 1.99. The number of aliphatic imine (C=N–C) groups is 1. The highest BCUT2D eigenvalue weighted by atomic mass is 16.6. The van der Waals surface area contributed by atoms with Gasteiger partial charge in [-0.2, -0.15) is 0 Å². The maximum absolute atomic E-state index is 11.2.